The Morgan fingerprint density at radius 2 is 1.19 bits per heavy atom. The van der Waals surface area contributed by atoms with E-state index in [-0.39, 0.29) is 13.5 Å². The Bertz CT molecular complexity index is 351. The molecule has 0 heterocycles. The number of hydrogen-bond acceptors (Lipinski definition) is 1. The first-order valence-electron chi connectivity index (χ1n) is 3.91. The highest BCUT2D eigenvalue weighted by Crippen LogP contribution is 2.34. The van der Waals surface area contributed by atoms with E-state index in [4.69, 9.17) is 5.02 Å². The zero-order valence-corrected chi connectivity index (χ0v) is 7.52. The fraction of sp³-hybridized carbons (Fsp3) is 0.250. The van der Waals surface area contributed by atoms with Gasteiger partial charge >= 0.3 is 19.8 Å². The third kappa shape index (κ3) is 2.91. The lowest BCUT2D eigenvalue weighted by atomic mass is 9.86. The summed E-state index contributed by atoms with van der Waals surface area (Å²) >= 11 is 0. The summed E-state index contributed by atoms with van der Waals surface area (Å²) in [5.74, 6) is 0. The molecule has 0 fully saturated rings. The smallest absolute Gasteiger partial charge is 0.416 e. The molecule has 0 aliphatic rings. The SMILES string of the molecule is O[B]c1cc(C(F)(F)F)cc(C(F)(F)F)c1. The van der Waals surface area contributed by atoms with E-state index in [1.54, 1.807) is 0 Å². The van der Waals surface area contributed by atoms with Gasteiger partial charge in [0, 0.05) is 0 Å². The van der Waals surface area contributed by atoms with Gasteiger partial charge in [-0.05, 0) is 6.07 Å². The van der Waals surface area contributed by atoms with Crippen LogP contribution in [0, 0.1) is 0 Å². The molecule has 0 unspecified atom stereocenters. The van der Waals surface area contributed by atoms with Crippen LogP contribution in [0.5, 0.6) is 0 Å². The molecule has 0 atom stereocenters. The van der Waals surface area contributed by atoms with Gasteiger partial charge < -0.3 is 5.02 Å². The van der Waals surface area contributed by atoms with Crippen LogP contribution < -0.4 is 5.46 Å². The summed E-state index contributed by atoms with van der Waals surface area (Å²) in [5.41, 5.74) is -3.47. The van der Waals surface area contributed by atoms with Crippen molar-refractivity contribution in [3.8, 4) is 0 Å². The molecule has 1 rings (SSSR count). The molecule has 16 heavy (non-hydrogen) atoms. The van der Waals surface area contributed by atoms with Crippen LogP contribution in [0.15, 0.2) is 18.2 Å². The molecule has 1 aromatic rings. The first-order valence-corrected chi connectivity index (χ1v) is 3.91. The Labute approximate surface area is 87.0 Å². The van der Waals surface area contributed by atoms with E-state index in [2.05, 4.69) is 0 Å². The van der Waals surface area contributed by atoms with Gasteiger partial charge in [0.25, 0.3) is 0 Å². The van der Waals surface area contributed by atoms with Crippen LogP contribution in [0.25, 0.3) is 0 Å². The molecule has 8 heteroatoms. The van der Waals surface area contributed by atoms with Crippen molar-refractivity contribution in [3.05, 3.63) is 29.3 Å². The predicted octanol–water partition coefficient (Wildman–Crippen LogP) is 1.96. The maximum Gasteiger partial charge on any atom is 0.416 e. The molecule has 1 radical (unpaired) electrons. The van der Waals surface area contributed by atoms with Gasteiger partial charge in [0.1, 0.15) is 0 Å². The zero-order chi connectivity index (χ0) is 12.6. The lowest BCUT2D eigenvalue weighted by Gasteiger charge is -2.12. The molecule has 0 aliphatic heterocycles. The quantitative estimate of drug-likeness (QED) is 0.588. The number of halogens is 6. The van der Waals surface area contributed by atoms with Crippen molar-refractivity contribution in [2.75, 3.05) is 0 Å². The monoisotopic (exact) mass is 241 g/mol. The molecule has 0 aromatic heterocycles. The summed E-state index contributed by atoms with van der Waals surface area (Å²) in [4.78, 5) is 0. The lowest BCUT2D eigenvalue weighted by Crippen LogP contribution is -2.21. The van der Waals surface area contributed by atoms with Crippen molar-refractivity contribution in [2.45, 2.75) is 12.4 Å². The van der Waals surface area contributed by atoms with Gasteiger partial charge in [-0.3, -0.25) is 0 Å². The van der Waals surface area contributed by atoms with Crippen LogP contribution in [-0.2, 0) is 12.4 Å². The van der Waals surface area contributed by atoms with E-state index in [9.17, 15) is 26.3 Å². The standard InChI is InChI=1S/C8H4BF6O/c10-7(11,12)4-1-5(8(13,14)15)3-6(2-4)9-16/h1-3,16H. The molecule has 0 saturated carbocycles. The van der Waals surface area contributed by atoms with Crippen LogP contribution in [0.2, 0.25) is 0 Å². The minimum Gasteiger partial charge on any atom is -0.450 e. The number of rotatable bonds is 1. The summed E-state index contributed by atoms with van der Waals surface area (Å²) < 4.78 is 73.3. The third-order valence-electron chi connectivity index (χ3n) is 1.76. The molecular formula is C8H4BF6O. The molecule has 0 bridgehead atoms. The van der Waals surface area contributed by atoms with Crippen LogP contribution in [-0.4, -0.2) is 12.5 Å². The Morgan fingerprint density at radius 1 is 0.812 bits per heavy atom. The molecule has 87 valence electrons. The second kappa shape index (κ2) is 4.01. The second-order valence-corrected chi connectivity index (χ2v) is 2.97. The largest absolute Gasteiger partial charge is 0.450 e. The fourth-order valence-corrected chi connectivity index (χ4v) is 1.05. The van der Waals surface area contributed by atoms with E-state index < -0.39 is 28.9 Å². The first-order chi connectivity index (χ1) is 7.14. The molecular weight excluding hydrogens is 237 g/mol. The molecule has 0 amide bonds. The fourth-order valence-electron chi connectivity index (χ4n) is 1.05. The van der Waals surface area contributed by atoms with E-state index in [0.717, 1.165) is 0 Å². The highest BCUT2D eigenvalue weighted by molar-refractivity contribution is 6.45. The summed E-state index contributed by atoms with van der Waals surface area (Å²) in [6.07, 6.45) is -9.78. The topological polar surface area (TPSA) is 20.2 Å². The number of benzene rings is 1. The van der Waals surface area contributed by atoms with Crippen molar-refractivity contribution in [2.24, 2.45) is 0 Å². The highest BCUT2D eigenvalue weighted by atomic mass is 19.4. The number of hydrogen-bond donors (Lipinski definition) is 1. The molecule has 1 nitrogen and oxygen atoms in total. The van der Waals surface area contributed by atoms with Crippen molar-refractivity contribution in [3.63, 3.8) is 0 Å². The molecule has 0 aliphatic carbocycles. The Balaban J connectivity index is 3.33. The highest BCUT2D eigenvalue weighted by Gasteiger charge is 2.36. The summed E-state index contributed by atoms with van der Waals surface area (Å²) in [7, 11) is 0.185. The normalized spacial score (nSPS) is 12.7. The maximum atomic E-state index is 12.2. The van der Waals surface area contributed by atoms with Crippen LogP contribution in [0.3, 0.4) is 0 Å². The van der Waals surface area contributed by atoms with E-state index in [1.165, 1.54) is 0 Å². The van der Waals surface area contributed by atoms with Crippen molar-refractivity contribution < 1.29 is 31.4 Å². The average molecular weight is 241 g/mol. The summed E-state index contributed by atoms with van der Waals surface area (Å²) in [6, 6.07) is 0.845. The summed E-state index contributed by atoms with van der Waals surface area (Å²) in [6.45, 7) is 0. The van der Waals surface area contributed by atoms with Crippen LogP contribution in [0.1, 0.15) is 11.1 Å². The van der Waals surface area contributed by atoms with E-state index in [0.29, 0.717) is 12.1 Å². The molecule has 0 saturated heterocycles. The predicted molar refractivity (Wildman–Crippen MR) is 44.1 cm³/mol. The minimum atomic E-state index is -4.89. The first kappa shape index (κ1) is 12.9. The summed E-state index contributed by atoms with van der Waals surface area (Å²) in [5, 5.41) is 8.46. The van der Waals surface area contributed by atoms with Crippen molar-refractivity contribution in [1.29, 1.82) is 0 Å². The molecule has 0 spiro atoms. The van der Waals surface area contributed by atoms with E-state index in [1.807, 2.05) is 0 Å². The molecule has 1 aromatic carbocycles. The van der Waals surface area contributed by atoms with Gasteiger partial charge in [-0.15, -0.1) is 0 Å². The second-order valence-electron chi connectivity index (χ2n) is 2.97. The van der Waals surface area contributed by atoms with Gasteiger partial charge in [0.05, 0.1) is 11.1 Å². The van der Waals surface area contributed by atoms with Crippen molar-refractivity contribution in [1.82, 2.24) is 0 Å². The maximum absolute atomic E-state index is 12.2. The Hall–Kier alpha value is -1.18. The average Bonchev–Trinajstić information content (AvgIpc) is 2.14. The Morgan fingerprint density at radius 3 is 1.44 bits per heavy atom. The number of alkyl halides is 6. The third-order valence-corrected chi connectivity index (χ3v) is 1.76. The van der Waals surface area contributed by atoms with Gasteiger partial charge in [-0.25, -0.2) is 0 Å². The van der Waals surface area contributed by atoms with Gasteiger partial charge in [-0.2, -0.15) is 26.3 Å². The van der Waals surface area contributed by atoms with Crippen molar-refractivity contribution >= 4 is 12.9 Å². The van der Waals surface area contributed by atoms with Gasteiger partial charge in [0.2, 0.25) is 0 Å². The van der Waals surface area contributed by atoms with Gasteiger partial charge in [0.15, 0.2) is 0 Å². The van der Waals surface area contributed by atoms with Crippen LogP contribution in [0.4, 0.5) is 26.3 Å². The van der Waals surface area contributed by atoms with E-state index >= 15 is 0 Å². The zero-order valence-electron chi connectivity index (χ0n) is 7.52. The molecule has 1 N–H and O–H groups in total. The Kier molecular flexibility index (Phi) is 3.23. The van der Waals surface area contributed by atoms with Crippen LogP contribution >= 0.6 is 0 Å². The lowest BCUT2D eigenvalue weighted by molar-refractivity contribution is -0.142. The van der Waals surface area contributed by atoms with Gasteiger partial charge in [-0.1, -0.05) is 17.6 Å². The minimum absolute atomic E-state index is 0.00694.